The number of carbonyl (C=O) groups is 1. The number of nitrogens with one attached hydrogen (secondary N) is 1. The summed E-state index contributed by atoms with van der Waals surface area (Å²) in [6, 6.07) is 0. The fraction of sp³-hybridized carbons (Fsp3) is 0.944. The van der Waals surface area contributed by atoms with Crippen molar-refractivity contribution in [2.45, 2.75) is 59.3 Å². The second-order valence-electron chi connectivity index (χ2n) is 7.77. The van der Waals surface area contributed by atoms with E-state index < -0.39 is 0 Å². The first kappa shape index (κ1) is 16.8. The zero-order valence-corrected chi connectivity index (χ0v) is 14.2. The lowest BCUT2D eigenvalue weighted by molar-refractivity contribution is -0.134. The van der Waals surface area contributed by atoms with Crippen molar-refractivity contribution in [3.8, 4) is 0 Å². The monoisotopic (exact) mass is 294 g/mol. The fourth-order valence-electron chi connectivity index (χ4n) is 4.09. The number of nitrogens with zero attached hydrogens (tertiary/aromatic N) is 1. The Labute approximate surface area is 130 Å². The van der Waals surface area contributed by atoms with E-state index in [1.807, 2.05) is 0 Å². The Hall–Kier alpha value is -0.570. The van der Waals surface area contributed by atoms with Crippen LogP contribution in [0, 0.1) is 23.7 Å². The third-order valence-corrected chi connectivity index (χ3v) is 5.31. The van der Waals surface area contributed by atoms with Crippen LogP contribution >= 0.6 is 0 Å². The number of hydrogen-bond donors (Lipinski definition) is 1. The summed E-state index contributed by atoms with van der Waals surface area (Å²) < 4.78 is 0. The van der Waals surface area contributed by atoms with Crippen molar-refractivity contribution in [2.75, 3.05) is 26.2 Å². The standard InChI is InChI=1S/C18H34N2O/c1-14(2)10-16-6-5-9-20(13-16)18(21)11-15(3)17-7-4-8-19-12-17/h14-17,19H,4-13H2,1-3H3. The number of carbonyl (C=O) groups excluding carboxylic acids is 1. The molecule has 122 valence electrons. The van der Waals surface area contributed by atoms with Gasteiger partial charge in [-0.2, -0.15) is 0 Å². The van der Waals surface area contributed by atoms with E-state index in [2.05, 4.69) is 31.0 Å². The molecule has 2 aliphatic heterocycles. The quantitative estimate of drug-likeness (QED) is 0.844. The number of amides is 1. The number of piperidine rings is 2. The zero-order valence-electron chi connectivity index (χ0n) is 14.2. The molecular weight excluding hydrogens is 260 g/mol. The van der Waals surface area contributed by atoms with Gasteiger partial charge < -0.3 is 10.2 Å². The van der Waals surface area contributed by atoms with E-state index in [-0.39, 0.29) is 0 Å². The molecule has 0 bridgehead atoms. The maximum atomic E-state index is 12.6. The van der Waals surface area contributed by atoms with Crippen molar-refractivity contribution in [1.29, 1.82) is 0 Å². The van der Waals surface area contributed by atoms with Gasteiger partial charge >= 0.3 is 0 Å². The highest BCUT2D eigenvalue weighted by atomic mass is 16.2. The molecule has 2 fully saturated rings. The molecule has 3 nitrogen and oxygen atoms in total. The summed E-state index contributed by atoms with van der Waals surface area (Å²) in [5.41, 5.74) is 0. The highest BCUT2D eigenvalue weighted by Crippen LogP contribution is 2.26. The van der Waals surface area contributed by atoms with E-state index in [0.717, 1.165) is 44.4 Å². The van der Waals surface area contributed by atoms with Gasteiger partial charge in [-0.1, -0.05) is 20.8 Å². The maximum Gasteiger partial charge on any atom is 0.222 e. The minimum Gasteiger partial charge on any atom is -0.342 e. The average molecular weight is 294 g/mol. The molecule has 3 unspecified atom stereocenters. The normalized spacial score (nSPS) is 28.7. The third-order valence-electron chi connectivity index (χ3n) is 5.31. The Kier molecular flexibility index (Phi) is 6.53. The van der Waals surface area contributed by atoms with Crippen LogP contribution in [0.25, 0.3) is 0 Å². The van der Waals surface area contributed by atoms with Crippen molar-refractivity contribution in [2.24, 2.45) is 23.7 Å². The predicted octanol–water partition coefficient (Wildman–Crippen LogP) is 3.30. The zero-order chi connectivity index (χ0) is 15.2. The molecule has 0 saturated carbocycles. The van der Waals surface area contributed by atoms with Crippen LogP contribution in [0.2, 0.25) is 0 Å². The van der Waals surface area contributed by atoms with Gasteiger partial charge in [0.15, 0.2) is 0 Å². The Morgan fingerprint density at radius 2 is 2.05 bits per heavy atom. The summed E-state index contributed by atoms with van der Waals surface area (Å²) in [7, 11) is 0. The lowest BCUT2D eigenvalue weighted by Crippen LogP contribution is -2.42. The minimum atomic E-state index is 0.404. The second kappa shape index (κ2) is 8.17. The molecule has 3 heteroatoms. The molecule has 2 aliphatic rings. The summed E-state index contributed by atoms with van der Waals surface area (Å²) in [5, 5.41) is 3.47. The highest BCUT2D eigenvalue weighted by Gasteiger charge is 2.27. The number of hydrogen-bond acceptors (Lipinski definition) is 2. The molecule has 0 radical (unpaired) electrons. The lowest BCUT2D eigenvalue weighted by atomic mass is 9.84. The second-order valence-corrected chi connectivity index (χ2v) is 7.77. The van der Waals surface area contributed by atoms with Crippen molar-refractivity contribution in [3.05, 3.63) is 0 Å². The number of rotatable bonds is 5. The number of likely N-dealkylation sites (tertiary alicyclic amines) is 1. The van der Waals surface area contributed by atoms with Gasteiger partial charge in [-0.05, 0) is 68.9 Å². The summed E-state index contributed by atoms with van der Waals surface area (Å²) >= 11 is 0. The molecule has 1 N–H and O–H groups in total. The molecule has 2 rings (SSSR count). The molecular formula is C18H34N2O. The Morgan fingerprint density at radius 1 is 1.24 bits per heavy atom. The first-order valence-electron chi connectivity index (χ1n) is 9.04. The van der Waals surface area contributed by atoms with E-state index >= 15 is 0 Å². The van der Waals surface area contributed by atoms with Crippen LogP contribution in [0.1, 0.15) is 59.3 Å². The van der Waals surface area contributed by atoms with Crippen LogP contribution in [-0.4, -0.2) is 37.0 Å². The smallest absolute Gasteiger partial charge is 0.222 e. The van der Waals surface area contributed by atoms with E-state index in [1.165, 1.54) is 32.1 Å². The van der Waals surface area contributed by atoms with Crippen LogP contribution in [0.15, 0.2) is 0 Å². The lowest BCUT2D eigenvalue weighted by Gasteiger charge is -2.35. The topological polar surface area (TPSA) is 32.3 Å². The largest absolute Gasteiger partial charge is 0.342 e. The van der Waals surface area contributed by atoms with Crippen LogP contribution in [0.4, 0.5) is 0 Å². The molecule has 0 aromatic carbocycles. The summed E-state index contributed by atoms with van der Waals surface area (Å²) in [6.07, 6.45) is 7.08. The minimum absolute atomic E-state index is 0.404. The van der Waals surface area contributed by atoms with Gasteiger partial charge in [-0.25, -0.2) is 0 Å². The van der Waals surface area contributed by atoms with Gasteiger partial charge in [-0.3, -0.25) is 4.79 Å². The molecule has 2 heterocycles. The summed E-state index contributed by atoms with van der Waals surface area (Å²) in [6.45, 7) is 11.1. The third kappa shape index (κ3) is 5.28. The predicted molar refractivity (Wildman–Crippen MR) is 88.1 cm³/mol. The van der Waals surface area contributed by atoms with Gasteiger partial charge in [0.1, 0.15) is 0 Å². The first-order valence-corrected chi connectivity index (χ1v) is 9.04. The molecule has 1 amide bonds. The van der Waals surface area contributed by atoms with E-state index in [4.69, 9.17) is 0 Å². The van der Waals surface area contributed by atoms with Gasteiger partial charge in [0, 0.05) is 19.5 Å². The SMILES string of the molecule is CC(C)CC1CCCN(C(=O)CC(C)C2CCCNC2)C1. The fourth-order valence-corrected chi connectivity index (χ4v) is 4.09. The van der Waals surface area contributed by atoms with Gasteiger partial charge in [0.25, 0.3) is 0 Å². The van der Waals surface area contributed by atoms with E-state index in [0.29, 0.717) is 17.7 Å². The Balaban J connectivity index is 1.78. The molecule has 3 atom stereocenters. The van der Waals surface area contributed by atoms with Crippen LogP contribution < -0.4 is 5.32 Å². The molecule has 0 aromatic rings. The van der Waals surface area contributed by atoms with Crippen LogP contribution in [-0.2, 0) is 4.79 Å². The van der Waals surface area contributed by atoms with Gasteiger partial charge in [0.2, 0.25) is 5.91 Å². The Bertz CT molecular complexity index is 323. The Morgan fingerprint density at radius 3 is 2.71 bits per heavy atom. The van der Waals surface area contributed by atoms with Crippen molar-refractivity contribution < 1.29 is 4.79 Å². The van der Waals surface area contributed by atoms with Crippen molar-refractivity contribution in [1.82, 2.24) is 10.2 Å². The summed E-state index contributed by atoms with van der Waals surface area (Å²) in [5.74, 6) is 3.10. The summed E-state index contributed by atoms with van der Waals surface area (Å²) in [4.78, 5) is 14.7. The molecule has 2 saturated heterocycles. The maximum absolute atomic E-state index is 12.6. The van der Waals surface area contributed by atoms with E-state index in [1.54, 1.807) is 0 Å². The van der Waals surface area contributed by atoms with Crippen molar-refractivity contribution >= 4 is 5.91 Å². The highest BCUT2D eigenvalue weighted by molar-refractivity contribution is 5.76. The molecule has 0 aromatic heterocycles. The van der Waals surface area contributed by atoms with Gasteiger partial charge in [-0.15, -0.1) is 0 Å². The molecule has 0 aliphatic carbocycles. The average Bonchev–Trinajstić information content (AvgIpc) is 2.47. The van der Waals surface area contributed by atoms with Crippen molar-refractivity contribution in [3.63, 3.8) is 0 Å². The van der Waals surface area contributed by atoms with E-state index in [9.17, 15) is 4.79 Å². The molecule has 21 heavy (non-hydrogen) atoms. The first-order chi connectivity index (χ1) is 10.1. The van der Waals surface area contributed by atoms with Crippen LogP contribution in [0.3, 0.4) is 0 Å². The van der Waals surface area contributed by atoms with Gasteiger partial charge in [0.05, 0.1) is 0 Å². The molecule has 0 spiro atoms. The van der Waals surface area contributed by atoms with Crippen LogP contribution in [0.5, 0.6) is 0 Å².